The number of benzene rings is 2. The maximum absolute atomic E-state index is 6.28. The molecule has 0 saturated heterocycles. The number of hydrogen-bond acceptors (Lipinski definition) is 3. The molecule has 0 aliphatic carbocycles. The van der Waals surface area contributed by atoms with Crippen LogP contribution in [0.4, 0.5) is 5.69 Å². The van der Waals surface area contributed by atoms with Crippen LogP contribution in [0.25, 0.3) is 32.7 Å². The second-order valence-corrected chi connectivity index (χ2v) is 4.58. The summed E-state index contributed by atoms with van der Waals surface area (Å²) in [4.78, 5) is 9.16. The number of nitrogens with zero attached hydrogens (tertiary/aromatic N) is 2. The molecule has 0 amide bonds. The van der Waals surface area contributed by atoms with Crippen molar-refractivity contribution in [2.75, 3.05) is 5.73 Å². The molecular weight excluding hydrogens is 234 g/mol. The zero-order valence-corrected chi connectivity index (χ0v) is 10.2. The molecule has 0 bridgehead atoms. The van der Waals surface area contributed by atoms with Crippen LogP contribution in [-0.4, -0.2) is 9.97 Å². The SMILES string of the molecule is Nc1c2ccccc2nc2c1ccc1cccnc12. The summed E-state index contributed by atoms with van der Waals surface area (Å²) in [5.41, 5.74) is 9.73. The Morgan fingerprint density at radius 3 is 2.63 bits per heavy atom. The lowest BCUT2D eigenvalue weighted by molar-refractivity contribution is 1.40. The largest absolute Gasteiger partial charge is 0.398 e. The lowest BCUT2D eigenvalue weighted by Gasteiger charge is -2.08. The summed E-state index contributed by atoms with van der Waals surface area (Å²) in [6.07, 6.45) is 1.79. The summed E-state index contributed by atoms with van der Waals surface area (Å²) in [5, 5.41) is 3.03. The van der Waals surface area contributed by atoms with Gasteiger partial charge in [0.2, 0.25) is 0 Å². The molecule has 2 aromatic carbocycles. The topological polar surface area (TPSA) is 51.8 Å². The normalized spacial score (nSPS) is 11.4. The number of para-hydroxylation sites is 1. The molecule has 3 heteroatoms. The standard InChI is InChI=1S/C16H11N3/c17-14-11-5-1-2-6-13(11)19-16-12(14)8-7-10-4-3-9-18-15(10)16/h1-9H,(H2,17,19). The Kier molecular flexibility index (Phi) is 1.97. The highest BCUT2D eigenvalue weighted by atomic mass is 14.8. The van der Waals surface area contributed by atoms with Gasteiger partial charge in [-0.05, 0) is 18.2 Å². The first kappa shape index (κ1) is 10.3. The molecule has 19 heavy (non-hydrogen) atoms. The van der Waals surface area contributed by atoms with Crippen molar-refractivity contribution in [1.29, 1.82) is 0 Å². The van der Waals surface area contributed by atoms with Crippen LogP contribution in [0.2, 0.25) is 0 Å². The van der Waals surface area contributed by atoms with E-state index in [2.05, 4.69) is 4.98 Å². The molecule has 3 nitrogen and oxygen atoms in total. The van der Waals surface area contributed by atoms with Crippen molar-refractivity contribution in [3.05, 3.63) is 54.7 Å². The number of hydrogen-bond donors (Lipinski definition) is 1. The van der Waals surface area contributed by atoms with Gasteiger partial charge in [-0.3, -0.25) is 4.98 Å². The minimum Gasteiger partial charge on any atom is -0.398 e. The summed E-state index contributed by atoms with van der Waals surface area (Å²) >= 11 is 0. The quantitative estimate of drug-likeness (QED) is 0.381. The van der Waals surface area contributed by atoms with Gasteiger partial charge in [-0.25, -0.2) is 4.98 Å². The minimum absolute atomic E-state index is 0.771. The number of nitrogens with two attached hydrogens (primary N) is 1. The Bertz CT molecular complexity index is 929. The van der Waals surface area contributed by atoms with Crippen molar-refractivity contribution in [2.24, 2.45) is 0 Å². The molecular formula is C16H11N3. The predicted octanol–water partition coefficient (Wildman–Crippen LogP) is 3.52. The van der Waals surface area contributed by atoms with E-state index in [4.69, 9.17) is 10.7 Å². The van der Waals surface area contributed by atoms with Gasteiger partial charge >= 0.3 is 0 Å². The molecule has 2 heterocycles. The third kappa shape index (κ3) is 1.38. The fourth-order valence-electron chi connectivity index (χ4n) is 2.52. The first-order chi connectivity index (χ1) is 9.34. The monoisotopic (exact) mass is 245 g/mol. The van der Waals surface area contributed by atoms with Crippen LogP contribution in [0, 0.1) is 0 Å². The van der Waals surface area contributed by atoms with Gasteiger partial charge in [0.1, 0.15) is 0 Å². The van der Waals surface area contributed by atoms with Crippen LogP contribution in [0.5, 0.6) is 0 Å². The molecule has 2 aromatic heterocycles. The average Bonchev–Trinajstić information content (AvgIpc) is 2.47. The highest BCUT2D eigenvalue weighted by Gasteiger charge is 2.09. The molecule has 90 valence electrons. The minimum atomic E-state index is 0.771. The van der Waals surface area contributed by atoms with Crippen LogP contribution < -0.4 is 5.73 Å². The summed E-state index contributed by atoms with van der Waals surface area (Å²) in [6.45, 7) is 0. The van der Waals surface area contributed by atoms with Crippen molar-refractivity contribution in [2.45, 2.75) is 0 Å². The van der Waals surface area contributed by atoms with E-state index in [1.54, 1.807) is 6.20 Å². The zero-order valence-electron chi connectivity index (χ0n) is 10.2. The molecule has 0 saturated carbocycles. The number of rotatable bonds is 0. The molecule has 0 atom stereocenters. The van der Waals surface area contributed by atoms with Gasteiger partial charge in [-0.1, -0.05) is 30.3 Å². The van der Waals surface area contributed by atoms with Crippen molar-refractivity contribution < 1.29 is 0 Å². The Morgan fingerprint density at radius 2 is 1.68 bits per heavy atom. The van der Waals surface area contributed by atoms with Crippen LogP contribution >= 0.6 is 0 Å². The maximum atomic E-state index is 6.28. The van der Waals surface area contributed by atoms with Crippen molar-refractivity contribution in [1.82, 2.24) is 9.97 Å². The van der Waals surface area contributed by atoms with Crippen LogP contribution in [0.15, 0.2) is 54.7 Å². The smallest absolute Gasteiger partial charge is 0.0993 e. The summed E-state index contributed by atoms with van der Waals surface area (Å²) < 4.78 is 0. The van der Waals surface area contributed by atoms with Gasteiger partial charge in [0.25, 0.3) is 0 Å². The highest BCUT2D eigenvalue weighted by Crippen LogP contribution is 2.31. The molecule has 0 aliphatic heterocycles. The molecule has 2 N–H and O–H groups in total. The fraction of sp³-hybridized carbons (Fsp3) is 0. The highest BCUT2D eigenvalue weighted by molar-refractivity contribution is 6.13. The molecule has 0 unspecified atom stereocenters. The van der Waals surface area contributed by atoms with E-state index in [0.717, 1.165) is 38.4 Å². The van der Waals surface area contributed by atoms with Crippen molar-refractivity contribution in [3.63, 3.8) is 0 Å². The number of pyridine rings is 2. The maximum Gasteiger partial charge on any atom is 0.0993 e. The van der Waals surface area contributed by atoms with E-state index in [9.17, 15) is 0 Å². The van der Waals surface area contributed by atoms with Crippen LogP contribution in [0.3, 0.4) is 0 Å². The number of nitrogen functional groups attached to an aromatic ring is 1. The van der Waals surface area contributed by atoms with Gasteiger partial charge in [-0.2, -0.15) is 0 Å². The van der Waals surface area contributed by atoms with Gasteiger partial charge in [-0.15, -0.1) is 0 Å². The Morgan fingerprint density at radius 1 is 0.789 bits per heavy atom. The van der Waals surface area contributed by atoms with Crippen molar-refractivity contribution >= 4 is 38.4 Å². The van der Waals surface area contributed by atoms with E-state index >= 15 is 0 Å². The summed E-state index contributed by atoms with van der Waals surface area (Å²) in [7, 11) is 0. The third-order valence-corrected chi connectivity index (χ3v) is 3.46. The lowest BCUT2D eigenvalue weighted by atomic mass is 10.1. The van der Waals surface area contributed by atoms with E-state index < -0.39 is 0 Å². The Hall–Kier alpha value is -2.68. The molecule has 0 radical (unpaired) electrons. The first-order valence-corrected chi connectivity index (χ1v) is 6.16. The van der Waals surface area contributed by atoms with E-state index in [-0.39, 0.29) is 0 Å². The second kappa shape index (κ2) is 3.65. The Labute approximate surface area is 109 Å². The summed E-state index contributed by atoms with van der Waals surface area (Å²) in [6, 6.07) is 16.0. The van der Waals surface area contributed by atoms with Crippen LogP contribution in [-0.2, 0) is 0 Å². The van der Waals surface area contributed by atoms with Gasteiger partial charge in [0.05, 0.1) is 22.2 Å². The molecule has 4 rings (SSSR count). The molecule has 0 aliphatic rings. The molecule has 0 fully saturated rings. The van der Waals surface area contributed by atoms with E-state index in [0.29, 0.717) is 0 Å². The fourth-order valence-corrected chi connectivity index (χ4v) is 2.52. The van der Waals surface area contributed by atoms with E-state index in [1.807, 2.05) is 48.5 Å². The second-order valence-electron chi connectivity index (χ2n) is 4.58. The molecule has 4 aromatic rings. The average molecular weight is 245 g/mol. The van der Waals surface area contributed by atoms with Crippen LogP contribution in [0.1, 0.15) is 0 Å². The number of aromatic nitrogens is 2. The van der Waals surface area contributed by atoms with Gasteiger partial charge in [0.15, 0.2) is 0 Å². The first-order valence-electron chi connectivity index (χ1n) is 6.16. The zero-order chi connectivity index (χ0) is 12.8. The lowest BCUT2D eigenvalue weighted by Crippen LogP contribution is -1.93. The van der Waals surface area contributed by atoms with E-state index in [1.165, 1.54) is 0 Å². The number of fused-ring (bicyclic) bond motifs is 4. The third-order valence-electron chi connectivity index (χ3n) is 3.46. The predicted molar refractivity (Wildman–Crippen MR) is 79.0 cm³/mol. The van der Waals surface area contributed by atoms with Gasteiger partial charge in [0, 0.05) is 22.4 Å². The van der Waals surface area contributed by atoms with Crippen molar-refractivity contribution in [3.8, 4) is 0 Å². The Balaban J connectivity index is 2.32. The van der Waals surface area contributed by atoms with Gasteiger partial charge < -0.3 is 5.73 Å². The molecule has 0 spiro atoms. The number of anilines is 1. The summed E-state index contributed by atoms with van der Waals surface area (Å²) in [5.74, 6) is 0.